The summed E-state index contributed by atoms with van der Waals surface area (Å²) in [5.74, 6) is 1.97. The summed E-state index contributed by atoms with van der Waals surface area (Å²) in [6, 6.07) is 23.0. The molecule has 0 spiro atoms. The van der Waals surface area contributed by atoms with Crippen LogP contribution in [0.3, 0.4) is 0 Å². The maximum atomic E-state index is 11.2. The Morgan fingerprint density at radius 3 is 2.66 bits per heavy atom. The van der Waals surface area contributed by atoms with Crippen molar-refractivity contribution in [3.8, 4) is 17.1 Å². The molecule has 35 heavy (non-hydrogen) atoms. The van der Waals surface area contributed by atoms with Crippen LogP contribution in [0, 0.1) is 10.1 Å². The Morgan fingerprint density at radius 2 is 1.94 bits per heavy atom. The predicted molar refractivity (Wildman–Crippen MR) is 136 cm³/mol. The van der Waals surface area contributed by atoms with Crippen LogP contribution >= 0.6 is 12.2 Å². The Hall–Kier alpha value is -4.24. The van der Waals surface area contributed by atoms with E-state index in [-0.39, 0.29) is 17.8 Å². The van der Waals surface area contributed by atoms with Crippen molar-refractivity contribution in [2.45, 2.75) is 19.0 Å². The molecule has 1 aliphatic heterocycles. The van der Waals surface area contributed by atoms with Gasteiger partial charge in [-0.3, -0.25) is 15.1 Å². The Bertz CT molecular complexity index is 1360. The Balaban J connectivity index is 1.56. The number of hydrogen-bond acceptors (Lipinski definition) is 6. The maximum Gasteiger partial charge on any atom is 0.270 e. The van der Waals surface area contributed by atoms with Crippen molar-refractivity contribution in [3.63, 3.8) is 0 Å². The van der Waals surface area contributed by atoms with E-state index in [1.165, 1.54) is 12.1 Å². The van der Waals surface area contributed by atoms with Gasteiger partial charge >= 0.3 is 0 Å². The number of hydrogen-bond donors (Lipinski definition) is 1. The molecule has 0 amide bonds. The number of nitrogens with one attached hydrogen (secondary N) is 1. The topological polar surface area (TPSA) is 93.7 Å². The van der Waals surface area contributed by atoms with Gasteiger partial charge in [0.2, 0.25) is 0 Å². The van der Waals surface area contributed by atoms with Crippen molar-refractivity contribution in [1.82, 2.24) is 10.3 Å². The van der Waals surface area contributed by atoms with E-state index in [1.807, 2.05) is 66.4 Å². The van der Waals surface area contributed by atoms with Gasteiger partial charge in [-0.1, -0.05) is 18.2 Å². The molecule has 1 aliphatic rings. The molecule has 1 saturated heterocycles. The van der Waals surface area contributed by atoms with Crippen LogP contribution in [0.1, 0.15) is 30.5 Å². The van der Waals surface area contributed by atoms with Crippen LogP contribution in [0.5, 0.6) is 5.75 Å². The summed E-state index contributed by atoms with van der Waals surface area (Å²) in [5, 5.41) is 15.2. The highest BCUT2D eigenvalue weighted by molar-refractivity contribution is 7.80. The van der Waals surface area contributed by atoms with Gasteiger partial charge in [-0.25, -0.2) is 0 Å². The number of anilines is 1. The van der Waals surface area contributed by atoms with Crippen molar-refractivity contribution in [1.29, 1.82) is 0 Å². The van der Waals surface area contributed by atoms with Crippen LogP contribution in [-0.2, 0) is 0 Å². The van der Waals surface area contributed by atoms with Gasteiger partial charge < -0.3 is 19.4 Å². The van der Waals surface area contributed by atoms with Crippen LogP contribution in [0.25, 0.3) is 11.3 Å². The monoisotopic (exact) mass is 486 g/mol. The van der Waals surface area contributed by atoms with Gasteiger partial charge in [0.05, 0.1) is 23.3 Å². The van der Waals surface area contributed by atoms with Crippen molar-refractivity contribution >= 4 is 28.7 Å². The second-order valence-electron chi connectivity index (χ2n) is 7.93. The number of nitrogens with zero attached hydrogens (tertiary/aromatic N) is 3. The minimum absolute atomic E-state index is 0.00605. The Kier molecular flexibility index (Phi) is 6.15. The van der Waals surface area contributed by atoms with Gasteiger partial charge in [0, 0.05) is 29.6 Å². The van der Waals surface area contributed by atoms with Gasteiger partial charge in [-0.05, 0) is 67.7 Å². The standard InChI is InChI=1S/C26H22N4O4S/c1-2-33-20-11-9-18(10-12-20)29-25(24(28-26(29)35)21-8-3-4-15-27-21)23-14-13-22(34-23)17-6-5-7-19(16-17)30(31)32/h3-16,24-25H,2H2,1H3,(H,28,35)/t24-,25+/m0/s1. The molecule has 2 atom stereocenters. The zero-order valence-electron chi connectivity index (χ0n) is 18.8. The largest absolute Gasteiger partial charge is 0.494 e. The minimum Gasteiger partial charge on any atom is -0.494 e. The SMILES string of the molecule is CCOc1ccc(N2C(=S)N[C@@H](c3ccccn3)[C@H]2c2ccc(-c3cccc([N+](=O)[O-])c3)o2)cc1. The fourth-order valence-electron chi connectivity index (χ4n) is 4.23. The Morgan fingerprint density at radius 1 is 1.11 bits per heavy atom. The van der Waals surface area contributed by atoms with Crippen LogP contribution in [0.2, 0.25) is 0 Å². The first-order chi connectivity index (χ1) is 17.0. The highest BCUT2D eigenvalue weighted by Gasteiger charge is 2.42. The highest BCUT2D eigenvalue weighted by atomic mass is 32.1. The first-order valence-corrected chi connectivity index (χ1v) is 11.5. The zero-order chi connectivity index (χ0) is 24.4. The Labute approximate surface area is 207 Å². The van der Waals surface area contributed by atoms with Crippen LogP contribution < -0.4 is 15.0 Å². The first kappa shape index (κ1) is 22.5. The lowest BCUT2D eigenvalue weighted by Crippen LogP contribution is -2.29. The van der Waals surface area contributed by atoms with E-state index in [0.29, 0.717) is 28.8 Å². The third-order valence-corrected chi connectivity index (χ3v) is 6.10. The average Bonchev–Trinajstić information content (AvgIpc) is 3.50. The quantitative estimate of drug-likeness (QED) is 0.198. The molecule has 0 saturated carbocycles. The minimum atomic E-state index is -0.419. The van der Waals surface area contributed by atoms with Crippen LogP contribution in [0.4, 0.5) is 11.4 Å². The molecule has 3 heterocycles. The summed E-state index contributed by atoms with van der Waals surface area (Å²) in [4.78, 5) is 17.4. The fourth-order valence-corrected chi connectivity index (χ4v) is 4.58. The first-order valence-electron chi connectivity index (χ1n) is 11.1. The van der Waals surface area contributed by atoms with Gasteiger partial charge in [-0.15, -0.1) is 0 Å². The van der Waals surface area contributed by atoms with E-state index in [9.17, 15) is 10.1 Å². The second kappa shape index (κ2) is 9.55. The average molecular weight is 487 g/mol. The molecule has 2 aromatic heterocycles. The smallest absolute Gasteiger partial charge is 0.270 e. The van der Waals surface area contributed by atoms with E-state index >= 15 is 0 Å². The van der Waals surface area contributed by atoms with E-state index in [1.54, 1.807) is 18.3 Å². The molecule has 0 bridgehead atoms. The van der Waals surface area contributed by atoms with Gasteiger partial charge in [0.25, 0.3) is 5.69 Å². The number of non-ortho nitro benzene ring substituents is 1. The summed E-state index contributed by atoms with van der Waals surface area (Å²) in [7, 11) is 0. The summed E-state index contributed by atoms with van der Waals surface area (Å²) in [5.41, 5.74) is 2.33. The molecule has 5 rings (SSSR count). The third kappa shape index (κ3) is 4.45. The lowest BCUT2D eigenvalue weighted by molar-refractivity contribution is -0.384. The molecule has 2 aromatic carbocycles. The molecule has 4 aromatic rings. The lowest BCUT2D eigenvalue weighted by Gasteiger charge is -2.26. The lowest BCUT2D eigenvalue weighted by atomic mass is 10.0. The summed E-state index contributed by atoms with van der Waals surface area (Å²) in [6.07, 6.45) is 1.74. The van der Waals surface area contributed by atoms with Crippen LogP contribution in [0.15, 0.2) is 89.5 Å². The van der Waals surface area contributed by atoms with E-state index in [4.69, 9.17) is 21.4 Å². The van der Waals surface area contributed by atoms with Gasteiger partial charge in [-0.2, -0.15) is 0 Å². The number of rotatable bonds is 7. The predicted octanol–water partition coefficient (Wildman–Crippen LogP) is 5.83. The molecule has 176 valence electrons. The number of nitro benzene ring substituents is 1. The summed E-state index contributed by atoms with van der Waals surface area (Å²) >= 11 is 5.75. The molecular weight excluding hydrogens is 464 g/mol. The van der Waals surface area contributed by atoms with Crippen molar-refractivity contribution in [2.24, 2.45) is 0 Å². The van der Waals surface area contributed by atoms with E-state index in [0.717, 1.165) is 17.1 Å². The molecule has 1 fully saturated rings. The molecule has 0 unspecified atom stereocenters. The molecule has 9 heteroatoms. The third-order valence-electron chi connectivity index (χ3n) is 5.78. The van der Waals surface area contributed by atoms with Gasteiger partial charge in [0.15, 0.2) is 5.11 Å². The second-order valence-corrected chi connectivity index (χ2v) is 8.32. The molecule has 1 N–H and O–H groups in total. The number of thiocarbonyl (C=S) groups is 1. The highest BCUT2D eigenvalue weighted by Crippen LogP contribution is 2.43. The van der Waals surface area contributed by atoms with Crippen molar-refractivity contribution in [2.75, 3.05) is 11.5 Å². The molecular formula is C26H22N4O4S. The maximum absolute atomic E-state index is 11.2. The fraction of sp³-hybridized carbons (Fsp3) is 0.154. The van der Waals surface area contributed by atoms with Crippen molar-refractivity contribution < 1.29 is 14.1 Å². The number of pyridine rings is 1. The number of furan rings is 1. The number of ether oxygens (including phenoxy) is 1. The zero-order valence-corrected chi connectivity index (χ0v) is 19.6. The van der Waals surface area contributed by atoms with E-state index < -0.39 is 4.92 Å². The van der Waals surface area contributed by atoms with E-state index in [2.05, 4.69) is 10.3 Å². The van der Waals surface area contributed by atoms with Gasteiger partial charge in [0.1, 0.15) is 23.3 Å². The molecule has 0 aliphatic carbocycles. The van der Waals surface area contributed by atoms with Crippen LogP contribution in [-0.4, -0.2) is 21.6 Å². The number of aromatic nitrogens is 1. The number of benzene rings is 2. The molecule has 8 nitrogen and oxygen atoms in total. The van der Waals surface area contributed by atoms with Crippen molar-refractivity contribution in [3.05, 3.63) is 107 Å². The number of nitro groups is 1. The molecule has 0 radical (unpaired) electrons. The summed E-state index contributed by atoms with van der Waals surface area (Å²) < 4.78 is 11.9. The normalized spacial score (nSPS) is 17.3. The summed E-state index contributed by atoms with van der Waals surface area (Å²) in [6.45, 7) is 2.52.